The summed E-state index contributed by atoms with van der Waals surface area (Å²) in [5.74, 6) is 1.50. The number of hydrogen-bond donors (Lipinski definition) is 1. The number of piperidine rings is 1. The molecule has 1 fully saturated rings. The van der Waals surface area contributed by atoms with Crippen LogP contribution >= 0.6 is 0 Å². The average molecular weight is 343 g/mol. The molecule has 7 heteroatoms. The molecule has 0 radical (unpaired) electrons. The fraction of sp³-hybridized carbons (Fsp3) is 0.556. The first kappa shape index (κ1) is 17.4. The van der Waals surface area contributed by atoms with Crippen LogP contribution in [0, 0.1) is 0 Å². The number of nitrogens with one attached hydrogen (secondary N) is 1. The highest BCUT2D eigenvalue weighted by atomic mass is 16.5. The predicted octanol–water partition coefficient (Wildman–Crippen LogP) is 2.41. The minimum Gasteiger partial charge on any atom is -0.356 e. The van der Waals surface area contributed by atoms with Gasteiger partial charge in [0.2, 0.25) is 5.91 Å². The second kappa shape index (κ2) is 8.09. The smallest absolute Gasteiger partial charge is 0.263 e. The van der Waals surface area contributed by atoms with Crippen molar-refractivity contribution in [3.05, 3.63) is 24.2 Å². The van der Waals surface area contributed by atoms with Gasteiger partial charge in [-0.15, -0.1) is 6.58 Å². The van der Waals surface area contributed by atoms with Crippen LogP contribution < -0.4 is 10.2 Å². The van der Waals surface area contributed by atoms with Gasteiger partial charge in [-0.3, -0.25) is 4.79 Å². The minimum atomic E-state index is -0.0325. The standard InChI is InChI=1S/C18H25N5O2/c1-3-10-19-15(24)9-8-14-20-17(23-11-6-5-7-12-23)16-13(4-2)22-25-18(16)21-14/h3H,1,4-12H2,2H3,(H,19,24). The van der Waals surface area contributed by atoms with Crippen molar-refractivity contribution in [2.45, 2.75) is 45.4 Å². The number of nitrogens with zero attached hydrogens (tertiary/aromatic N) is 4. The van der Waals surface area contributed by atoms with Crippen LogP contribution in [0.1, 0.15) is 44.1 Å². The Hall–Kier alpha value is -2.44. The van der Waals surface area contributed by atoms with Crippen LogP contribution in [0.3, 0.4) is 0 Å². The number of aryl methyl sites for hydroxylation is 2. The fourth-order valence-electron chi connectivity index (χ4n) is 3.12. The molecule has 1 saturated heterocycles. The second-order valence-electron chi connectivity index (χ2n) is 6.27. The predicted molar refractivity (Wildman–Crippen MR) is 96.6 cm³/mol. The van der Waals surface area contributed by atoms with Gasteiger partial charge in [0.25, 0.3) is 5.71 Å². The van der Waals surface area contributed by atoms with E-state index in [4.69, 9.17) is 9.51 Å². The topological polar surface area (TPSA) is 84.2 Å². The molecular formula is C18H25N5O2. The molecular weight excluding hydrogens is 318 g/mol. The molecule has 0 atom stereocenters. The van der Waals surface area contributed by atoms with Gasteiger partial charge >= 0.3 is 0 Å². The van der Waals surface area contributed by atoms with Crippen molar-refractivity contribution in [3.8, 4) is 0 Å². The normalized spacial score (nSPS) is 14.7. The van der Waals surface area contributed by atoms with Crippen molar-refractivity contribution < 1.29 is 9.32 Å². The molecule has 1 amide bonds. The van der Waals surface area contributed by atoms with E-state index >= 15 is 0 Å². The zero-order valence-electron chi connectivity index (χ0n) is 14.8. The SMILES string of the molecule is C=CCNC(=O)CCc1nc(N2CCCCC2)c2c(CC)noc2n1. The highest BCUT2D eigenvalue weighted by Crippen LogP contribution is 2.29. The van der Waals surface area contributed by atoms with Gasteiger partial charge in [0.1, 0.15) is 17.0 Å². The fourth-order valence-corrected chi connectivity index (χ4v) is 3.12. The van der Waals surface area contributed by atoms with Gasteiger partial charge in [-0.05, 0) is 25.7 Å². The molecule has 1 aliphatic rings. The van der Waals surface area contributed by atoms with Crippen molar-refractivity contribution in [2.24, 2.45) is 0 Å². The van der Waals surface area contributed by atoms with Gasteiger partial charge in [-0.25, -0.2) is 4.98 Å². The monoisotopic (exact) mass is 343 g/mol. The van der Waals surface area contributed by atoms with E-state index in [0.717, 1.165) is 49.2 Å². The van der Waals surface area contributed by atoms with Gasteiger partial charge in [0.15, 0.2) is 0 Å². The highest BCUT2D eigenvalue weighted by Gasteiger charge is 2.22. The summed E-state index contributed by atoms with van der Waals surface area (Å²) in [5, 5.41) is 7.84. The summed E-state index contributed by atoms with van der Waals surface area (Å²) in [6.45, 7) is 8.09. The third-order valence-electron chi connectivity index (χ3n) is 4.44. The second-order valence-corrected chi connectivity index (χ2v) is 6.27. The zero-order valence-corrected chi connectivity index (χ0v) is 14.8. The lowest BCUT2D eigenvalue weighted by atomic mass is 10.1. The molecule has 2 aromatic heterocycles. The van der Waals surface area contributed by atoms with Crippen molar-refractivity contribution >= 4 is 22.8 Å². The Bertz CT molecular complexity index is 749. The van der Waals surface area contributed by atoms with Crippen LogP contribution in [-0.4, -0.2) is 40.7 Å². The first-order valence-electron chi connectivity index (χ1n) is 9.00. The highest BCUT2D eigenvalue weighted by molar-refractivity contribution is 5.88. The van der Waals surface area contributed by atoms with E-state index in [1.807, 2.05) is 0 Å². The van der Waals surface area contributed by atoms with Crippen molar-refractivity contribution in [1.82, 2.24) is 20.4 Å². The molecule has 3 rings (SSSR count). The molecule has 2 aromatic rings. The van der Waals surface area contributed by atoms with Crippen LogP contribution in [0.15, 0.2) is 17.2 Å². The molecule has 7 nitrogen and oxygen atoms in total. The van der Waals surface area contributed by atoms with E-state index in [9.17, 15) is 4.79 Å². The third-order valence-corrected chi connectivity index (χ3v) is 4.44. The maximum atomic E-state index is 11.8. The lowest BCUT2D eigenvalue weighted by Crippen LogP contribution is -2.31. The Morgan fingerprint density at radius 3 is 2.84 bits per heavy atom. The third kappa shape index (κ3) is 3.97. The Kier molecular flexibility index (Phi) is 5.63. The molecule has 0 aromatic carbocycles. The maximum Gasteiger partial charge on any atom is 0.263 e. The van der Waals surface area contributed by atoms with E-state index in [1.54, 1.807) is 6.08 Å². The van der Waals surface area contributed by atoms with E-state index in [1.165, 1.54) is 6.42 Å². The molecule has 0 aliphatic carbocycles. The van der Waals surface area contributed by atoms with Crippen LogP contribution in [0.25, 0.3) is 11.1 Å². The molecule has 1 N–H and O–H groups in total. The summed E-state index contributed by atoms with van der Waals surface area (Å²) in [6, 6.07) is 0. The van der Waals surface area contributed by atoms with Crippen molar-refractivity contribution in [1.29, 1.82) is 0 Å². The summed E-state index contributed by atoms with van der Waals surface area (Å²) in [6.07, 6.45) is 6.84. The van der Waals surface area contributed by atoms with Crippen molar-refractivity contribution in [3.63, 3.8) is 0 Å². The quantitative estimate of drug-likeness (QED) is 0.777. The Balaban J connectivity index is 1.87. The number of fused-ring (bicyclic) bond motifs is 1. The van der Waals surface area contributed by atoms with Gasteiger partial charge in [-0.1, -0.05) is 18.2 Å². The van der Waals surface area contributed by atoms with Gasteiger partial charge in [0, 0.05) is 32.5 Å². The summed E-state index contributed by atoms with van der Waals surface area (Å²) < 4.78 is 5.44. The Labute approximate surface area is 147 Å². The van der Waals surface area contributed by atoms with Crippen molar-refractivity contribution in [2.75, 3.05) is 24.5 Å². The lowest BCUT2D eigenvalue weighted by Gasteiger charge is -2.28. The van der Waals surface area contributed by atoms with Crippen LogP contribution in [-0.2, 0) is 17.6 Å². The van der Waals surface area contributed by atoms with Crippen LogP contribution in [0.2, 0.25) is 0 Å². The van der Waals surface area contributed by atoms with E-state index in [0.29, 0.717) is 30.9 Å². The molecule has 25 heavy (non-hydrogen) atoms. The van der Waals surface area contributed by atoms with Crippen LogP contribution in [0.5, 0.6) is 0 Å². The number of rotatable bonds is 7. The molecule has 3 heterocycles. The lowest BCUT2D eigenvalue weighted by molar-refractivity contribution is -0.120. The first-order chi connectivity index (χ1) is 12.2. The maximum absolute atomic E-state index is 11.8. The zero-order chi connectivity index (χ0) is 17.6. The van der Waals surface area contributed by atoms with E-state index in [2.05, 4.69) is 33.9 Å². The molecule has 0 unspecified atom stereocenters. The largest absolute Gasteiger partial charge is 0.356 e. The van der Waals surface area contributed by atoms with Crippen LogP contribution in [0.4, 0.5) is 5.82 Å². The van der Waals surface area contributed by atoms with Gasteiger partial charge in [-0.2, -0.15) is 4.98 Å². The van der Waals surface area contributed by atoms with Gasteiger partial charge < -0.3 is 14.7 Å². The van der Waals surface area contributed by atoms with E-state index in [-0.39, 0.29) is 5.91 Å². The molecule has 0 spiro atoms. The summed E-state index contributed by atoms with van der Waals surface area (Å²) in [7, 11) is 0. The molecule has 1 aliphatic heterocycles. The number of hydrogen-bond acceptors (Lipinski definition) is 6. The molecule has 0 bridgehead atoms. The number of amides is 1. The molecule has 0 saturated carbocycles. The minimum absolute atomic E-state index is 0.0325. The number of aromatic nitrogens is 3. The first-order valence-corrected chi connectivity index (χ1v) is 9.00. The summed E-state index contributed by atoms with van der Waals surface area (Å²) in [5.41, 5.74) is 1.42. The average Bonchev–Trinajstić information content (AvgIpc) is 3.07. The number of carbonyl (C=O) groups excluding carboxylic acids is 1. The number of carbonyl (C=O) groups is 1. The van der Waals surface area contributed by atoms with Gasteiger partial charge in [0.05, 0.1) is 5.69 Å². The molecule has 134 valence electrons. The van der Waals surface area contributed by atoms with E-state index < -0.39 is 0 Å². The number of anilines is 1. The summed E-state index contributed by atoms with van der Waals surface area (Å²) >= 11 is 0. The Morgan fingerprint density at radius 2 is 2.12 bits per heavy atom. The summed E-state index contributed by atoms with van der Waals surface area (Å²) in [4.78, 5) is 23.4. The Morgan fingerprint density at radius 1 is 1.32 bits per heavy atom.